The van der Waals surface area contributed by atoms with Crippen molar-refractivity contribution < 1.29 is 27.5 Å². The fraction of sp³-hybridized carbons (Fsp3) is 0.450. The molecule has 1 aromatic heterocycles. The van der Waals surface area contributed by atoms with Gasteiger partial charge in [0.1, 0.15) is 5.60 Å². The van der Waals surface area contributed by atoms with Crippen LogP contribution < -0.4 is 5.32 Å². The first-order valence-corrected chi connectivity index (χ1v) is 9.69. The van der Waals surface area contributed by atoms with E-state index in [0.717, 1.165) is 12.1 Å². The molecule has 0 atom stereocenters. The molecule has 1 N–H and O–H groups in total. The van der Waals surface area contributed by atoms with Crippen LogP contribution in [0.15, 0.2) is 36.7 Å². The number of ether oxygens (including phenoxy) is 1. The summed E-state index contributed by atoms with van der Waals surface area (Å²) in [6.45, 7) is 6.26. The number of rotatable bonds is 2. The van der Waals surface area contributed by atoms with Gasteiger partial charge in [-0.2, -0.15) is 18.3 Å². The van der Waals surface area contributed by atoms with Crippen molar-refractivity contribution in [3.63, 3.8) is 0 Å². The molecule has 2 aromatic rings. The highest BCUT2D eigenvalue weighted by molar-refractivity contribution is 5.92. The van der Waals surface area contributed by atoms with Crippen LogP contribution >= 0.6 is 0 Å². The van der Waals surface area contributed by atoms with Gasteiger partial charge in [0.15, 0.2) is 0 Å². The molecule has 11 heteroatoms. The van der Waals surface area contributed by atoms with Crippen molar-refractivity contribution >= 4 is 17.8 Å². The van der Waals surface area contributed by atoms with E-state index in [4.69, 9.17) is 4.74 Å². The molecule has 3 rings (SSSR count). The maximum atomic E-state index is 13.2. The van der Waals surface area contributed by atoms with Gasteiger partial charge < -0.3 is 19.9 Å². The Labute approximate surface area is 177 Å². The smallest absolute Gasteiger partial charge is 0.416 e. The third kappa shape index (κ3) is 5.68. The molecule has 1 aliphatic heterocycles. The molecule has 0 saturated carbocycles. The molecule has 168 valence electrons. The van der Waals surface area contributed by atoms with E-state index in [0.29, 0.717) is 5.69 Å². The third-order valence-corrected chi connectivity index (χ3v) is 4.54. The lowest BCUT2D eigenvalue weighted by molar-refractivity contribution is -0.137. The molecule has 0 spiro atoms. The average Bonchev–Trinajstić information content (AvgIpc) is 3.20. The number of piperazine rings is 1. The van der Waals surface area contributed by atoms with Crippen LogP contribution in [0.4, 0.5) is 28.4 Å². The summed E-state index contributed by atoms with van der Waals surface area (Å²) in [5.41, 5.74) is -1.22. The number of aromatic nitrogens is 2. The molecule has 1 saturated heterocycles. The average molecular weight is 439 g/mol. The van der Waals surface area contributed by atoms with Crippen LogP contribution in [0, 0.1) is 0 Å². The van der Waals surface area contributed by atoms with Crippen molar-refractivity contribution in [2.24, 2.45) is 0 Å². The van der Waals surface area contributed by atoms with Crippen LogP contribution in [0.2, 0.25) is 0 Å². The lowest BCUT2D eigenvalue weighted by Gasteiger charge is -2.35. The molecular formula is C20H24F3N5O3. The molecule has 8 nitrogen and oxygen atoms in total. The summed E-state index contributed by atoms with van der Waals surface area (Å²) in [4.78, 5) is 27.8. The summed E-state index contributed by atoms with van der Waals surface area (Å²) in [7, 11) is 0. The number of carbonyl (C=O) groups excluding carboxylic acids is 2. The monoisotopic (exact) mass is 439 g/mol. The Morgan fingerprint density at radius 3 is 2.26 bits per heavy atom. The Hall–Kier alpha value is -3.24. The first-order chi connectivity index (χ1) is 14.4. The highest BCUT2D eigenvalue weighted by Crippen LogP contribution is 2.33. The molecule has 3 amide bonds. The number of nitrogens with zero attached hydrogens (tertiary/aromatic N) is 4. The number of carbonyl (C=O) groups is 2. The Morgan fingerprint density at radius 2 is 1.71 bits per heavy atom. The van der Waals surface area contributed by atoms with Gasteiger partial charge in [0.2, 0.25) is 0 Å². The van der Waals surface area contributed by atoms with Gasteiger partial charge in [-0.05, 0) is 45.0 Å². The van der Waals surface area contributed by atoms with Crippen LogP contribution in [0.25, 0.3) is 5.69 Å². The summed E-state index contributed by atoms with van der Waals surface area (Å²) >= 11 is 0. The first kappa shape index (κ1) is 22.4. The zero-order valence-electron chi connectivity index (χ0n) is 17.4. The first-order valence-electron chi connectivity index (χ1n) is 9.69. The number of hydrogen-bond acceptors (Lipinski definition) is 4. The topological polar surface area (TPSA) is 79.7 Å². The van der Waals surface area contributed by atoms with Crippen LogP contribution in [-0.4, -0.2) is 63.5 Å². The van der Waals surface area contributed by atoms with Crippen molar-refractivity contribution in [1.82, 2.24) is 19.6 Å². The second-order valence-electron chi connectivity index (χ2n) is 8.06. The molecule has 0 aliphatic carbocycles. The van der Waals surface area contributed by atoms with Gasteiger partial charge in [0, 0.05) is 38.6 Å². The van der Waals surface area contributed by atoms with E-state index in [9.17, 15) is 22.8 Å². The van der Waals surface area contributed by atoms with Gasteiger partial charge in [-0.15, -0.1) is 0 Å². The number of hydrogen-bond donors (Lipinski definition) is 1. The van der Waals surface area contributed by atoms with Gasteiger partial charge in [0.25, 0.3) is 0 Å². The second-order valence-corrected chi connectivity index (χ2v) is 8.06. The molecule has 1 aromatic carbocycles. The highest BCUT2D eigenvalue weighted by Gasteiger charge is 2.32. The van der Waals surface area contributed by atoms with Crippen molar-refractivity contribution in [2.75, 3.05) is 31.5 Å². The summed E-state index contributed by atoms with van der Waals surface area (Å²) in [6, 6.07) is 4.14. The Morgan fingerprint density at radius 1 is 1.06 bits per heavy atom. The van der Waals surface area contributed by atoms with Crippen molar-refractivity contribution in [3.8, 4) is 5.69 Å². The van der Waals surface area contributed by atoms with Gasteiger partial charge in [-0.1, -0.05) is 0 Å². The number of nitrogens with one attached hydrogen (secondary N) is 1. The molecule has 0 bridgehead atoms. The summed E-state index contributed by atoms with van der Waals surface area (Å²) in [5, 5.41) is 6.58. The fourth-order valence-electron chi connectivity index (χ4n) is 3.04. The Kier molecular flexibility index (Phi) is 6.14. The quantitative estimate of drug-likeness (QED) is 0.768. The molecule has 2 heterocycles. The summed E-state index contributed by atoms with van der Waals surface area (Å²) in [6.07, 6.45) is -1.97. The van der Waals surface area contributed by atoms with Gasteiger partial charge in [0.05, 0.1) is 16.9 Å². The van der Waals surface area contributed by atoms with Gasteiger partial charge >= 0.3 is 18.3 Å². The maximum Gasteiger partial charge on any atom is 0.416 e. The Balaban J connectivity index is 1.71. The Bertz CT molecular complexity index is 931. The van der Waals surface area contributed by atoms with Crippen LogP contribution in [0.3, 0.4) is 0 Å². The normalized spacial score (nSPS) is 15.0. The zero-order valence-corrected chi connectivity index (χ0v) is 17.4. The van der Waals surface area contributed by atoms with Crippen LogP contribution in [-0.2, 0) is 10.9 Å². The van der Waals surface area contributed by atoms with Crippen molar-refractivity contribution in [1.29, 1.82) is 0 Å². The number of urea groups is 1. The third-order valence-electron chi connectivity index (χ3n) is 4.54. The number of anilines is 1. The van der Waals surface area contributed by atoms with Gasteiger partial charge in [-0.25, -0.2) is 14.3 Å². The lowest BCUT2D eigenvalue weighted by Crippen LogP contribution is -2.52. The summed E-state index contributed by atoms with van der Waals surface area (Å²) < 4.78 is 46.2. The molecule has 0 unspecified atom stereocenters. The number of halogens is 3. The largest absolute Gasteiger partial charge is 0.444 e. The van der Waals surface area contributed by atoms with E-state index in [-0.39, 0.29) is 31.9 Å². The van der Waals surface area contributed by atoms with Crippen LogP contribution in [0.1, 0.15) is 26.3 Å². The van der Waals surface area contributed by atoms with E-state index < -0.39 is 29.5 Å². The molecule has 0 radical (unpaired) electrons. The predicted octanol–water partition coefficient (Wildman–Crippen LogP) is 3.98. The molecule has 1 fully saturated rings. The zero-order chi connectivity index (χ0) is 22.8. The van der Waals surface area contributed by atoms with E-state index in [1.807, 2.05) is 0 Å². The predicted molar refractivity (Wildman–Crippen MR) is 107 cm³/mol. The molecular weight excluding hydrogens is 415 g/mol. The van der Waals surface area contributed by atoms with Crippen LogP contribution in [0.5, 0.6) is 0 Å². The van der Waals surface area contributed by atoms with E-state index in [1.165, 1.54) is 26.7 Å². The molecule has 1 aliphatic rings. The lowest BCUT2D eigenvalue weighted by atomic mass is 10.1. The standard InChI is InChI=1S/C20H24F3N5O3/c1-19(2,3)31-18(30)27-11-9-26(10-12-27)17(29)25-15-13-14(20(21,22)23)5-6-16(15)28-8-4-7-24-28/h4-8,13H,9-12H2,1-3H3,(H,25,29). The minimum atomic E-state index is -4.55. The fourth-order valence-corrected chi connectivity index (χ4v) is 3.04. The minimum absolute atomic E-state index is 0.0157. The number of benzene rings is 1. The molecule has 31 heavy (non-hydrogen) atoms. The number of alkyl halides is 3. The van der Waals surface area contributed by atoms with E-state index in [1.54, 1.807) is 33.0 Å². The minimum Gasteiger partial charge on any atom is -0.444 e. The summed E-state index contributed by atoms with van der Waals surface area (Å²) in [5.74, 6) is 0. The van der Waals surface area contributed by atoms with E-state index in [2.05, 4.69) is 10.4 Å². The highest BCUT2D eigenvalue weighted by atomic mass is 19.4. The second kappa shape index (κ2) is 8.48. The van der Waals surface area contributed by atoms with Crippen molar-refractivity contribution in [3.05, 3.63) is 42.2 Å². The SMILES string of the molecule is CC(C)(C)OC(=O)N1CCN(C(=O)Nc2cc(C(F)(F)F)ccc2-n2cccn2)CC1. The van der Waals surface area contributed by atoms with Crippen molar-refractivity contribution in [2.45, 2.75) is 32.5 Å². The van der Waals surface area contributed by atoms with E-state index >= 15 is 0 Å². The number of amides is 3. The van der Waals surface area contributed by atoms with Gasteiger partial charge in [-0.3, -0.25) is 0 Å². The maximum absolute atomic E-state index is 13.2.